The lowest BCUT2D eigenvalue weighted by atomic mass is 10.1. The van der Waals surface area contributed by atoms with Gasteiger partial charge in [-0.1, -0.05) is 42.5 Å². The fourth-order valence-corrected chi connectivity index (χ4v) is 3.87. The third kappa shape index (κ3) is 6.88. The summed E-state index contributed by atoms with van der Waals surface area (Å²) in [5.74, 6) is 0.204. The van der Waals surface area contributed by atoms with E-state index in [1.165, 1.54) is 7.11 Å². The number of hydrogen-bond donors (Lipinski definition) is 0. The van der Waals surface area contributed by atoms with Gasteiger partial charge in [-0.25, -0.2) is 9.98 Å². The molecule has 32 heavy (non-hydrogen) atoms. The highest BCUT2D eigenvalue weighted by Gasteiger charge is 2.40. The van der Waals surface area contributed by atoms with Gasteiger partial charge in [0, 0.05) is 41.4 Å². The quantitative estimate of drug-likeness (QED) is 0.187. The Labute approximate surface area is 191 Å². The first-order chi connectivity index (χ1) is 15.1. The van der Waals surface area contributed by atoms with Gasteiger partial charge >= 0.3 is 6.18 Å². The molecule has 2 aromatic rings. The van der Waals surface area contributed by atoms with E-state index in [-0.39, 0.29) is 4.91 Å². The highest BCUT2D eigenvalue weighted by Crippen LogP contribution is 2.42. The van der Waals surface area contributed by atoms with Crippen molar-refractivity contribution in [3.8, 4) is 0 Å². The molecule has 0 aliphatic heterocycles. The second kappa shape index (κ2) is 11.2. The maximum atomic E-state index is 14.2. The molecule has 0 N–H and O–H groups in total. The highest BCUT2D eigenvalue weighted by molar-refractivity contribution is 8.03. The van der Waals surface area contributed by atoms with Crippen LogP contribution in [0.4, 0.5) is 19.0 Å². The van der Waals surface area contributed by atoms with E-state index in [2.05, 4.69) is 9.98 Å². The van der Waals surface area contributed by atoms with Crippen molar-refractivity contribution in [3.63, 3.8) is 0 Å². The lowest BCUT2D eigenvalue weighted by Crippen LogP contribution is -2.17. The van der Waals surface area contributed by atoms with Crippen LogP contribution in [0.3, 0.4) is 0 Å². The number of aliphatic imine (C=N–C) groups is 1. The minimum absolute atomic E-state index is 0.0564. The molecule has 172 valence electrons. The van der Waals surface area contributed by atoms with Crippen LogP contribution in [0, 0.1) is 6.92 Å². The minimum atomic E-state index is -4.65. The fraction of sp³-hybridized carbons (Fsp3) is 0.333. The number of hydrogen-bond acceptors (Lipinski definition) is 5. The largest absolute Gasteiger partial charge is 0.481 e. The van der Waals surface area contributed by atoms with Gasteiger partial charge in [-0.15, -0.1) is 0 Å². The molecular formula is C24H28F3N3OS. The Balaban J connectivity index is 2.60. The van der Waals surface area contributed by atoms with Crippen molar-refractivity contribution in [2.45, 2.75) is 38.3 Å². The minimum Gasteiger partial charge on any atom is -0.481 e. The average Bonchev–Trinajstić information content (AvgIpc) is 2.74. The van der Waals surface area contributed by atoms with Crippen molar-refractivity contribution in [3.05, 3.63) is 76.2 Å². The third-order valence-electron chi connectivity index (χ3n) is 4.47. The van der Waals surface area contributed by atoms with Gasteiger partial charge in [0.2, 0.25) is 5.88 Å². The summed E-state index contributed by atoms with van der Waals surface area (Å²) in [5, 5.41) is 0. The zero-order chi connectivity index (χ0) is 23.9. The van der Waals surface area contributed by atoms with Crippen LogP contribution in [0.25, 0.3) is 0 Å². The van der Waals surface area contributed by atoms with Crippen molar-refractivity contribution in [2.24, 2.45) is 4.99 Å². The molecule has 8 heteroatoms. The highest BCUT2D eigenvalue weighted by atomic mass is 32.2. The number of anilines is 1. The smallest absolute Gasteiger partial charge is 0.422 e. The van der Waals surface area contributed by atoms with Gasteiger partial charge in [0.05, 0.1) is 7.11 Å². The van der Waals surface area contributed by atoms with Crippen LogP contribution in [0.2, 0.25) is 0 Å². The first kappa shape index (κ1) is 25.5. The molecule has 1 aromatic heterocycles. The van der Waals surface area contributed by atoms with E-state index in [0.717, 1.165) is 17.3 Å². The van der Waals surface area contributed by atoms with Gasteiger partial charge in [-0.2, -0.15) is 13.2 Å². The maximum absolute atomic E-state index is 14.2. The van der Waals surface area contributed by atoms with E-state index < -0.39 is 17.6 Å². The summed E-state index contributed by atoms with van der Waals surface area (Å²) >= 11 is 1.05. The number of alkyl halides is 3. The molecular weight excluding hydrogens is 435 g/mol. The molecule has 0 saturated carbocycles. The zero-order valence-electron chi connectivity index (χ0n) is 19.1. The molecule has 1 heterocycles. The topological polar surface area (TPSA) is 37.7 Å². The van der Waals surface area contributed by atoms with E-state index in [9.17, 15) is 13.2 Å². The molecule has 2 rings (SSSR count). The van der Waals surface area contributed by atoms with E-state index in [1.54, 1.807) is 50.4 Å². The first-order valence-corrected chi connectivity index (χ1v) is 10.9. The summed E-state index contributed by atoms with van der Waals surface area (Å²) in [4.78, 5) is 11.1. The van der Waals surface area contributed by atoms with E-state index in [4.69, 9.17) is 4.74 Å². The number of aromatic nitrogens is 1. The van der Waals surface area contributed by atoms with Crippen LogP contribution in [-0.4, -0.2) is 38.1 Å². The Kier molecular flexibility index (Phi) is 8.95. The summed E-state index contributed by atoms with van der Waals surface area (Å²) in [6, 6.07) is 10.8. The number of methoxy groups -OCH3 is 1. The van der Waals surface area contributed by atoms with E-state index >= 15 is 0 Å². The van der Waals surface area contributed by atoms with Crippen LogP contribution in [0.5, 0.6) is 0 Å². The molecule has 0 bridgehead atoms. The standard InChI is InChI=1S/C24H28F3N3OS/c1-7-8-20(32-19-11-9-16(2)10-12-19)22(24(25,26)27)23(31-6)29-17(3)18-13-14-28-21(15-18)30(4)5/h8-15H,7H2,1-6H3/b20-8-,23-22-,29-17?. The van der Waals surface area contributed by atoms with Crippen molar-refractivity contribution >= 4 is 23.3 Å². The Morgan fingerprint density at radius 3 is 2.38 bits per heavy atom. The monoisotopic (exact) mass is 463 g/mol. The lowest BCUT2D eigenvalue weighted by molar-refractivity contribution is -0.0917. The molecule has 4 nitrogen and oxygen atoms in total. The van der Waals surface area contributed by atoms with Crippen LogP contribution >= 0.6 is 11.8 Å². The third-order valence-corrected chi connectivity index (χ3v) is 5.56. The van der Waals surface area contributed by atoms with Crippen LogP contribution in [0.1, 0.15) is 31.4 Å². The van der Waals surface area contributed by atoms with Crippen LogP contribution < -0.4 is 4.90 Å². The van der Waals surface area contributed by atoms with Gasteiger partial charge in [0.25, 0.3) is 0 Å². The Bertz CT molecular complexity index is 1010. The summed E-state index contributed by atoms with van der Waals surface area (Å²) in [6.45, 7) is 5.38. The summed E-state index contributed by atoms with van der Waals surface area (Å²) in [6.07, 6.45) is -1.07. The number of aryl methyl sites for hydroxylation is 1. The van der Waals surface area contributed by atoms with Crippen molar-refractivity contribution < 1.29 is 17.9 Å². The normalized spacial score (nSPS) is 13.7. The molecule has 0 aliphatic carbocycles. The molecule has 0 saturated heterocycles. The van der Waals surface area contributed by atoms with Crippen molar-refractivity contribution in [1.82, 2.24) is 4.98 Å². The molecule has 0 aliphatic rings. The SMILES string of the molecule is CC/C=C(Sc1ccc(C)cc1)/C(=C(\N=C(C)c1ccnc(N(C)C)c1)OC)C(F)(F)F. The summed E-state index contributed by atoms with van der Waals surface area (Å²) < 4.78 is 47.9. The molecule has 0 fully saturated rings. The summed E-state index contributed by atoms with van der Waals surface area (Å²) in [5.41, 5.74) is 1.19. The summed E-state index contributed by atoms with van der Waals surface area (Å²) in [7, 11) is 4.88. The number of thioether (sulfide) groups is 1. The predicted octanol–water partition coefficient (Wildman–Crippen LogP) is 6.77. The van der Waals surface area contributed by atoms with Crippen LogP contribution in [0.15, 0.2) is 74.9 Å². The van der Waals surface area contributed by atoms with E-state index in [0.29, 0.717) is 28.4 Å². The Morgan fingerprint density at radius 2 is 1.84 bits per heavy atom. The maximum Gasteiger partial charge on any atom is 0.422 e. The van der Waals surface area contributed by atoms with Crippen molar-refractivity contribution in [2.75, 3.05) is 26.1 Å². The molecule has 0 spiro atoms. The fourth-order valence-electron chi connectivity index (χ4n) is 2.79. The molecule has 0 unspecified atom stereocenters. The predicted molar refractivity (Wildman–Crippen MR) is 126 cm³/mol. The number of halogens is 3. The molecule has 1 aromatic carbocycles. The van der Waals surface area contributed by atoms with Crippen molar-refractivity contribution in [1.29, 1.82) is 0 Å². The van der Waals surface area contributed by atoms with Gasteiger partial charge in [0.1, 0.15) is 11.4 Å². The second-order valence-corrected chi connectivity index (χ2v) is 8.38. The van der Waals surface area contributed by atoms with Gasteiger partial charge in [0.15, 0.2) is 0 Å². The van der Waals surface area contributed by atoms with Crippen LogP contribution in [-0.2, 0) is 4.74 Å². The average molecular weight is 464 g/mol. The number of benzene rings is 1. The first-order valence-electron chi connectivity index (χ1n) is 10.1. The van der Waals surface area contributed by atoms with Gasteiger partial charge in [-0.3, -0.25) is 0 Å². The zero-order valence-corrected chi connectivity index (χ0v) is 19.9. The number of ether oxygens (including phenoxy) is 1. The number of allylic oxidation sites excluding steroid dienone is 2. The molecule has 0 atom stereocenters. The van der Waals surface area contributed by atoms with Gasteiger partial charge in [-0.05, 0) is 44.5 Å². The number of rotatable bonds is 8. The molecule has 0 radical (unpaired) electrons. The van der Waals surface area contributed by atoms with Gasteiger partial charge < -0.3 is 9.64 Å². The Morgan fingerprint density at radius 1 is 1.19 bits per heavy atom. The number of nitrogens with zero attached hydrogens (tertiary/aromatic N) is 3. The Hall–Kier alpha value is -2.74. The molecule has 0 amide bonds. The van der Waals surface area contributed by atoms with E-state index in [1.807, 2.05) is 38.1 Å². The second-order valence-electron chi connectivity index (χ2n) is 7.27. The lowest BCUT2D eigenvalue weighted by Gasteiger charge is -2.18. The number of pyridine rings is 1.